The number of nitrogens with one attached hydrogen (secondary N) is 1. The van der Waals surface area contributed by atoms with Crippen molar-refractivity contribution in [3.05, 3.63) is 30.1 Å². The van der Waals surface area contributed by atoms with Gasteiger partial charge in [-0.2, -0.15) is 0 Å². The molecule has 0 radical (unpaired) electrons. The number of hydrogen-bond donors (Lipinski definition) is 2. The second-order valence-electron chi connectivity index (χ2n) is 5.34. The molecule has 0 aliphatic heterocycles. The van der Waals surface area contributed by atoms with Crippen LogP contribution in [0.2, 0.25) is 0 Å². The van der Waals surface area contributed by atoms with Crippen LogP contribution < -0.4 is 11.1 Å². The smallest absolute Gasteiger partial charge is 0.220 e. The Bertz CT molecular complexity index is 394. The molecule has 1 heterocycles. The molecular weight excluding hydrogens is 238 g/mol. The molecule has 0 saturated heterocycles. The van der Waals surface area contributed by atoms with E-state index in [1.807, 2.05) is 18.3 Å². The van der Waals surface area contributed by atoms with E-state index >= 15 is 0 Å². The molecule has 2 rings (SSSR count). The molecule has 19 heavy (non-hydrogen) atoms. The van der Waals surface area contributed by atoms with Crippen LogP contribution in [0.4, 0.5) is 0 Å². The lowest BCUT2D eigenvalue weighted by Gasteiger charge is -2.22. The number of amides is 1. The SMILES string of the molecule is NC1CCCCCC1NC(=O)CCc1cccnc1. The van der Waals surface area contributed by atoms with Crippen molar-refractivity contribution in [2.24, 2.45) is 5.73 Å². The van der Waals surface area contributed by atoms with Gasteiger partial charge in [0.05, 0.1) is 0 Å². The Hall–Kier alpha value is -1.42. The number of carbonyl (C=O) groups excluding carboxylic acids is 1. The molecule has 0 aromatic carbocycles. The maximum atomic E-state index is 12.0. The zero-order valence-electron chi connectivity index (χ0n) is 11.3. The molecule has 1 saturated carbocycles. The first kappa shape index (κ1) is 14.0. The number of nitrogens with zero attached hydrogens (tertiary/aromatic N) is 1. The summed E-state index contributed by atoms with van der Waals surface area (Å²) in [6.07, 6.45) is 10.4. The molecule has 1 aliphatic carbocycles. The van der Waals surface area contributed by atoms with Crippen LogP contribution in [0.25, 0.3) is 0 Å². The van der Waals surface area contributed by atoms with Crippen LogP contribution >= 0.6 is 0 Å². The molecule has 4 nitrogen and oxygen atoms in total. The molecule has 1 fully saturated rings. The second kappa shape index (κ2) is 7.24. The molecule has 0 bridgehead atoms. The highest BCUT2D eigenvalue weighted by molar-refractivity contribution is 5.76. The average molecular weight is 261 g/mol. The number of carbonyl (C=O) groups is 1. The lowest BCUT2D eigenvalue weighted by molar-refractivity contribution is -0.121. The van der Waals surface area contributed by atoms with Crippen molar-refractivity contribution < 1.29 is 4.79 Å². The van der Waals surface area contributed by atoms with Crippen LogP contribution in [0.5, 0.6) is 0 Å². The average Bonchev–Trinajstić information content (AvgIpc) is 2.63. The summed E-state index contributed by atoms with van der Waals surface area (Å²) < 4.78 is 0. The van der Waals surface area contributed by atoms with E-state index < -0.39 is 0 Å². The first-order chi connectivity index (χ1) is 9.25. The van der Waals surface area contributed by atoms with Crippen molar-refractivity contribution in [3.63, 3.8) is 0 Å². The molecule has 2 atom stereocenters. The maximum absolute atomic E-state index is 12.0. The van der Waals surface area contributed by atoms with Gasteiger partial charge in [0.25, 0.3) is 0 Å². The number of pyridine rings is 1. The van der Waals surface area contributed by atoms with Gasteiger partial charge < -0.3 is 11.1 Å². The first-order valence-electron chi connectivity index (χ1n) is 7.19. The summed E-state index contributed by atoms with van der Waals surface area (Å²) in [6, 6.07) is 4.17. The van der Waals surface area contributed by atoms with E-state index in [9.17, 15) is 4.79 Å². The molecule has 4 heteroatoms. The lowest BCUT2D eigenvalue weighted by atomic mass is 10.0. The van der Waals surface area contributed by atoms with E-state index in [0.717, 1.165) is 24.8 Å². The largest absolute Gasteiger partial charge is 0.352 e. The fourth-order valence-electron chi connectivity index (χ4n) is 2.60. The highest BCUT2D eigenvalue weighted by atomic mass is 16.1. The van der Waals surface area contributed by atoms with E-state index in [4.69, 9.17) is 5.73 Å². The first-order valence-corrected chi connectivity index (χ1v) is 7.19. The summed E-state index contributed by atoms with van der Waals surface area (Å²) in [5.74, 6) is 0.103. The third kappa shape index (κ3) is 4.63. The summed E-state index contributed by atoms with van der Waals surface area (Å²) in [7, 11) is 0. The van der Waals surface area contributed by atoms with E-state index in [0.29, 0.717) is 6.42 Å². The molecule has 0 spiro atoms. The topological polar surface area (TPSA) is 68.0 Å². The maximum Gasteiger partial charge on any atom is 0.220 e. The van der Waals surface area contributed by atoms with Gasteiger partial charge in [0, 0.05) is 30.9 Å². The zero-order valence-corrected chi connectivity index (χ0v) is 11.3. The molecule has 1 aliphatic rings. The van der Waals surface area contributed by atoms with Gasteiger partial charge in [0.15, 0.2) is 0 Å². The van der Waals surface area contributed by atoms with Gasteiger partial charge in [-0.15, -0.1) is 0 Å². The fraction of sp³-hybridized carbons (Fsp3) is 0.600. The van der Waals surface area contributed by atoms with Crippen LogP contribution in [0.3, 0.4) is 0 Å². The molecule has 1 aromatic heterocycles. The van der Waals surface area contributed by atoms with Gasteiger partial charge in [-0.3, -0.25) is 9.78 Å². The van der Waals surface area contributed by atoms with Gasteiger partial charge in [-0.25, -0.2) is 0 Å². The predicted octanol–water partition coefficient (Wildman–Crippen LogP) is 1.79. The van der Waals surface area contributed by atoms with Crippen LogP contribution in [0.1, 0.15) is 44.1 Å². The van der Waals surface area contributed by atoms with Gasteiger partial charge in [0.2, 0.25) is 5.91 Å². The number of aryl methyl sites for hydroxylation is 1. The van der Waals surface area contributed by atoms with Crippen molar-refractivity contribution in [1.29, 1.82) is 0 Å². The zero-order chi connectivity index (χ0) is 13.5. The minimum atomic E-state index is 0.103. The minimum Gasteiger partial charge on any atom is -0.352 e. The third-order valence-corrected chi connectivity index (χ3v) is 3.78. The van der Waals surface area contributed by atoms with Crippen molar-refractivity contribution in [2.75, 3.05) is 0 Å². The monoisotopic (exact) mass is 261 g/mol. The Morgan fingerprint density at radius 3 is 3.00 bits per heavy atom. The summed E-state index contributed by atoms with van der Waals surface area (Å²) >= 11 is 0. The Kier molecular flexibility index (Phi) is 5.33. The second-order valence-corrected chi connectivity index (χ2v) is 5.34. The highest BCUT2D eigenvalue weighted by Gasteiger charge is 2.21. The Morgan fingerprint density at radius 1 is 1.37 bits per heavy atom. The Morgan fingerprint density at radius 2 is 2.21 bits per heavy atom. The molecule has 104 valence electrons. The van der Waals surface area contributed by atoms with Crippen molar-refractivity contribution >= 4 is 5.91 Å². The Labute approximate surface area is 114 Å². The highest BCUT2D eigenvalue weighted by Crippen LogP contribution is 2.16. The number of rotatable bonds is 4. The molecule has 1 amide bonds. The number of hydrogen-bond acceptors (Lipinski definition) is 3. The summed E-state index contributed by atoms with van der Waals surface area (Å²) in [5.41, 5.74) is 7.21. The van der Waals surface area contributed by atoms with Gasteiger partial charge in [0.1, 0.15) is 0 Å². The fourth-order valence-corrected chi connectivity index (χ4v) is 2.60. The van der Waals surface area contributed by atoms with Gasteiger partial charge in [-0.05, 0) is 30.9 Å². The van der Waals surface area contributed by atoms with E-state index in [1.54, 1.807) is 6.20 Å². The van der Waals surface area contributed by atoms with Crippen LogP contribution in [0.15, 0.2) is 24.5 Å². The van der Waals surface area contributed by atoms with E-state index in [1.165, 1.54) is 19.3 Å². The number of aromatic nitrogens is 1. The van der Waals surface area contributed by atoms with Crippen molar-refractivity contribution in [2.45, 2.75) is 57.0 Å². The van der Waals surface area contributed by atoms with Crippen molar-refractivity contribution in [3.8, 4) is 0 Å². The summed E-state index contributed by atoms with van der Waals surface area (Å²) in [4.78, 5) is 16.0. The number of nitrogens with two attached hydrogens (primary N) is 1. The molecule has 1 aromatic rings. The third-order valence-electron chi connectivity index (χ3n) is 3.78. The van der Waals surface area contributed by atoms with Crippen LogP contribution in [-0.2, 0) is 11.2 Å². The standard InChI is InChI=1S/C15H23N3O/c16-13-6-2-1-3-7-14(13)18-15(19)9-8-12-5-4-10-17-11-12/h4-5,10-11,13-14H,1-3,6-9,16H2,(H,18,19). The van der Waals surface area contributed by atoms with Gasteiger partial charge in [-0.1, -0.05) is 25.3 Å². The van der Waals surface area contributed by atoms with E-state index in [-0.39, 0.29) is 18.0 Å². The molecule has 3 N–H and O–H groups in total. The van der Waals surface area contributed by atoms with Crippen LogP contribution in [-0.4, -0.2) is 23.0 Å². The minimum absolute atomic E-state index is 0.103. The molecule has 2 unspecified atom stereocenters. The summed E-state index contributed by atoms with van der Waals surface area (Å²) in [5, 5.41) is 3.09. The van der Waals surface area contributed by atoms with E-state index in [2.05, 4.69) is 10.3 Å². The van der Waals surface area contributed by atoms with Crippen LogP contribution in [0, 0.1) is 0 Å². The molecular formula is C15H23N3O. The van der Waals surface area contributed by atoms with Crippen molar-refractivity contribution in [1.82, 2.24) is 10.3 Å². The normalized spacial score (nSPS) is 23.6. The van der Waals surface area contributed by atoms with Gasteiger partial charge >= 0.3 is 0 Å². The Balaban J connectivity index is 1.77. The quantitative estimate of drug-likeness (QED) is 0.812. The summed E-state index contributed by atoms with van der Waals surface area (Å²) in [6.45, 7) is 0. The lowest BCUT2D eigenvalue weighted by Crippen LogP contribution is -2.47. The predicted molar refractivity (Wildman–Crippen MR) is 75.5 cm³/mol.